The van der Waals surface area contributed by atoms with Gasteiger partial charge < -0.3 is 20.1 Å². The molecular weight excluding hydrogens is 256 g/mol. The number of benzene rings is 1. The molecule has 0 fully saturated rings. The lowest BCUT2D eigenvalue weighted by atomic mass is 10.0. The molecule has 1 rings (SSSR count). The third-order valence-corrected chi connectivity index (χ3v) is 2.92. The molecule has 0 saturated heterocycles. The number of carboxylic acid groups (broad SMARTS) is 1. The number of thiol groups is 1. The van der Waals surface area contributed by atoms with Crippen LogP contribution in [-0.2, 0) is 11.2 Å². The Kier molecular flexibility index (Phi) is 5.46. The topological polar surface area (TPSA) is 87.0 Å². The van der Waals surface area contributed by atoms with Crippen LogP contribution in [0.1, 0.15) is 17.2 Å². The average Bonchev–Trinajstić information content (AvgIpc) is 2.36. The number of hydrogen-bond donors (Lipinski definition) is 4. The highest BCUT2D eigenvalue weighted by Crippen LogP contribution is 2.26. The second kappa shape index (κ2) is 6.63. The van der Waals surface area contributed by atoms with Gasteiger partial charge in [-0.2, -0.15) is 12.6 Å². The molecule has 0 radical (unpaired) electrons. The van der Waals surface area contributed by atoms with E-state index >= 15 is 0 Å². The Labute approximate surface area is 110 Å². The first-order chi connectivity index (χ1) is 8.49. The van der Waals surface area contributed by atoms with Crippen LogP contribution in [-0.4, -0.2) is 40.3 Å². The normalized spacial score (nSPS) is 14.0. The van der Waals surface area contributed by atoms with E-state index in [1.165, 1.54) is 13.2 Å². The molecule has 0 saturated carbocycles. The van der Waals surface area contributed by atoms with Crippen molar-refractivity contribution in [2.75, 3.05) is 12.9 Å². The number of carboxylic acids is 1. The molecule has 6 heteroatoms. The lowest BCUT2D eigenvalue weighted by Gasteiger charge is -2.17. The minimum Gasteiger partial charge on any atom is -0.496 e. The Balaban J connectivity index is 3.01. The summed E-state index contributed by atoms with van der Waals surface area (Å²) in [5, 5.41) is 28.0. The minimum absolute atomic E-state index is 0.125. The fourth-order valence-electron chi connectivity index (χ4n) is 1.58. The van der Waals surface area contributed by atoms with Gasteiger partial charge in [0, 0.05) is 11.3 Å². The maximum absolute atomic E-state index is 10.7. The SMILES string of the molecule is COc1cc(C(O)C(O)CS)ccc1CC(=O)O. The number of aliphatic carboxylic acids is 1. The molecule has 18 heavy (non-hydrogen) atoms. The molecule has 0 aliphatic carbocycles. The molecule has 0 aliphatic heterocycles. The van der Waals surface area contributed by atoms with Crippen molar-refractivity contribution < 1.29 is 24.9 Å². The maximum atomic E-state index is 10.7. The van der Waals surface area contributed by atoms with E-state index in [1.54, 1.807) is 12.1 Å². The third-order valence-electron chi connectivity index (χ3n) is 2.55. The van der Waals surface area contributed by atoms with Crippen molar-refractivity contribution in [2.45, 2.75) is 18.6 Å². The van der Waals surface area contributed by atoms with Gasteiger partial charge in [-0.05, 0) is 11.6 Å². The highest BCUT2D eigenvalue weighted by atomic mass is 32.1. The largest absolute Gasteiger partial charge is 0.496 e. The fourth-order valence-corrected chi connectivity index (χ4v) is 1.78. The van der Waals surface area contributed by atoms with E-state index < -0.39 is 18.2 Å². The van der Waals surface area contributed by atoms with Crippen LogP contribution in [0.2, 0.25) is 0 Å². The molecule has 100 valence electrons. The number of ether oxygens (including phenoxy) is 1. The summed E-state index contributed by atoms with van der Waals surface area (Å²) in [5.41, 5.74) is 0.976. The van der Waals surface area contributed by atoms with Crippen LogP contribution in [0.4, 0.5) is 0 Å². The van der Waals surface area contributed by atoms with E-state index in [-0.39, 0.29) is 12.2 Å². The highest BCUT2D eigenvalue weighted by Gasteiger charge is 2.18. The van der Waals surface area contributed by atoms with E-state index in [0.717, 1.165) is 0 Å². The number of aliphatic hydroxyl groups excluding tert-OH is 2. The van der Waals surface area contributed by atoms with Crippen LogP contribution in [0, 0.1) is 0 Å². The highest BCUT2D eigenvalue weighted by molar-refractivity contribution is 7.80. The molecule has 0 aromatic heterocycles. The molecule has 0 bridgehead atoms. The Morgan fingerprint density at radius 1 is 1.44 bits per heavy atom. The van der Waals surface area contributed by atoms with Gasteiger partial charge in [0.15, 0.2) is 0 Å². The average molecular weight is 272 g/mol. The first kappa shape index (κ1) is 14.8. The zero-order valence-electron chi connectivity index (χ0n) is 9.91. The second-order valence-electron chi connectivity index (χ2n) is 3.84. The summed E-state index contributed by atoms with van der Waals surface area (Å²) in [5.74, 6) is -0.460. The van der Waals surface area contributed by atoms with Crippen LogP contribution in [0.5, 0.6) is 5.75 Å². The third kappa shape index (κ3) is 3.63. The molecule has 2 unspecified atom stereocenters. The summed E-state index contributed by atoms with van der Waals surface area (Å²) < 4.78 is 5.08. The van der Waals surface area contributed by atoms with Crippen LogP contribution in [0.25, 0.3) is 0 Å². The summed E-state index contributed by atoms with van der Waals surface area (Å²) in [4.78, 5) is 10.7. The monoisotopic (exact) mass is 272 g/mol. The lowest BCUT2D eigenvalue weighted by molar-refractivity contribution is -0.136. The molecule has 1 aromatic carbocycles. The summed E-state index contributed by atoms with van der Waals surface area (Å²) in [6.45, 7) is 0. The van der Waals surface area contributed by atoms with E-state index in [4.69, 9.17) is 9.84 Å². The van der Waals surface area contributed by atoms with Crippen LogP contribution in [0.15, 0.2) is 18.2 Å². The van der Waals surface area contributed by atoms with Crippen molar-refractivity contribution in [3.05, 3.63) is 29.3 Å². The van der Waals surface area contributed by atoms with E-state index in [0.29, 0.717) is 16.9 Å². The van der Waals surface area contributed by atoms with Crippen molar-refractivity contribution >= 4 is 18.6 Å². The van der Waals surface area contributed by atoms with Gasteiger partial charge in [0.25, 0.3) is 0 Å². The molecule has 1 aromatic rings. The van der Waals surface area contributed by atoms with Crippen LogP contribution in [0.3, 0.4) is 0 Å². The number of aliphatic hydroxyl groups is 2. The van der Waals surface area contributed by atoms with E-state index in [2.05, 4.69) is 12.6 Å². The summed E-state index contributed by atoms with van der Waals surface area (Å²) >= 11 is 3.90. The molecule has 0 heterocycles. The fraction of sp³-hybridized carbons (Fsp3) is 0.417. The Morgan fingerprint density at radius 3 is 2.61 bits per heavy atom. The smallest absolute Gasteiger partial charge is 0.307 e. The number of methoxy groups -OCH3 is 1. The first-order valence-corrected chi connectivity index (χ1v) is 5.98. The standard InChI is InChI=1S/C12H16O5S/c1-17-10-4-8(12(16)9(13)6-18)3-2-7(10)5-11(14)15/h2-4,9,12-13,16,18H,5-6H2,1H3,(H,14,15). The Hall–Kier alpha value is -1.24. The number of carbonyl (C=O) groups is 1. The zero-order chi connectivity index (χ0) is 13.7. The molecule has 0 spiro atoms. The van der Waals surface area contributed by atoms with Gasteiger partial charge in [-0.3, -0.25) is 4.79 Å². The quantitative estimate of drug-likeness (QED) is 0.571. The van der Waals surface area contributed by atoms with Gasteiger partial charge in [0.05, 0.1) is 19.6 Å². The van der Waals surface area contributed by atoms with Gasteiger partial charge in [-0.15, -0.1) is 0 Å². The van der Waals surface area contributed by atoms with Gasteiger partial charge in [0.2, 0.25) is 0 Å². The summed E-state index contributed by atoms with van der Waals surface area (Å²) in [6, 6.07) is 4.66. The van der Waals surface area contributed by atoms with Gasteiger partial charge in [-0.1, -0.05) is 12.1 Å². The zero-order valence-corrected chi connectivity index (χ0v) is 10.8. The van der Waals surface area contributed by atoms with E-state index in [9.17, 15) is 15.0 Å². The van der Waals surface area contributed by atoms with Gasteiger partial charge >= 0.3 is 5.97 Å². The molecule has 2 atom stereocenters. The molecule has 0 aliphatic rings. The summed E-state index contributed by atoms with van der Waals surface area (Å²) in [7, 11) is 1.42. The maximum Gasteiger partial charge on any atom is 0.307 e. The second-order valence-corrected chi connectivity index (χ2v) is 4.20. The van der Waals surface area contributed by atoms with Crippen molar-refractivity contribution in [1.29, 1.82) is 0 Å². The lowest BCUT2D eigenvalue weighted by Crippen LogP contribution is -2.19. The molecule has 3 N–H and O–H groups in total. The van der Waals surface area contributed by atoms with Crippen molar-refractivity contribution in [3.8, 4) is 5.75 Å². The Bertz CT molecular complexity index is 421. The number of hydrogen-bond acceptors (Lipinski definition) is 5. The van der Waals surface area contributed by atoms with Gasteiger partial charge in [-0.25, -0.2) is 0 Å². The molecule has 0 amide bonds. The predicted octanol–water partition coefficient (Wildman–Crippen LogP) is 0.646. The predicted molar refractivity (Wildman–Crippen MR) is 69.2 cm³/mol. The summed E-state index contributed by atoms with van der Waals surface area (Å²) in [6.07, 6.45) is -2.21. The van der Waals surface area contributed by atoms with E-state index in [1.807, 2.05) is 0 Å². The number of rotatable bonds is 6. The minimum atomic E-state index is -1.07. The van der Waals surface area contributed by atoms with Crippen molar-refractivity contribution in [3.63, 3.8) is 0 Å². The first-order valence-electron chi connectivity index (χ1n) is 5.35. The van der Waals surface area contributed by atoms with Crippen LogP contribution < -0.4 is 4.74 Å². The Morgan fingerprint density at radius 2 is 2.11 bits per heavy atom. The molecule has 5 nitrogen and oxygen atoms in total. The van der Waals surface area contributed by atoms with Crippen molar-refractivity contribution in [2.24, 2.45) is 0 Å². The van der Waals surface area contributed by atoms with Crippen molar-refractivity contribution in [1.82, 2.24) is 0 Å². The van der Waals surface area contributed by atoms with Gasteiger partial charge in [0.1, 0.15) is 11.9 Å². The van der Waals surface area contributed by atoms with Crippen LogP contribution >= 0.6 is 12.6 Å². The molecular formula is C12H16O5S.